The first-order chi connectivity index (χ1) is 8.85. The molecule has 0 aliphatic rings. The van der Waals surface area contributed by atoms with Gasteiger partial charge in [0.1, 0.15) is 5.82 Å². The lowest BCUT2D eigenvalue weighted by atomic mass is 9.88. The highest BCUT2D eigenvalue weighted by Gasteiger charge is 2.19. The second-order valence-corrected chi connectivity index (χ2v) is 6.50. The lowest BCUT2D eigenvalue weighted by Crippen LogP contribution is -2.34. The quantitative estimate of drug-likeness (QED) is 0.759. The van der Waals surface area contributed by atoms with Crippen molar-refractivity contribution in [3.05, 3.63) is 34.1 Å². The lowest BCUT2D eigenvalue weighted by molar-refractivity contribution is 0.0934. The van der Waals surface area contributed by atoms with E-state index in [1.807, 2.05) is 0 Å². The Morgan fingerprint density at radius 1 is 1.47 bits per heavy atom. The number of rotatable bonds is 6. The minimum absolute atomic E-state index is 0.0154. The maximum atomic E-state index is 13.3. The summed E-state index contributed by atoms with van der Waals surface area (Å²) in [5, 5.41) is 2.83. The third kappa shape index (κ3) is 5.49. The second-order valence-electron chi connectivity index (χ2n) is 5.27. The van der Waals surface area contributed by atoms with Crippen molar-refractivity contribution in [2.75, 3.05) is 12.4 Å². The van der Waals surface area contributed by atoms with E-state index in [1.54, 1.807) is 6.07 Å². The molecule has 1 aromatic rings. The Balaban J connectivity index is 2.57. The molecular formula is C14H18BrClFNO. The van der Waals surface area contributed by atoms with Gasteiger partial charge in [-0.1, -0.05) is 13.8 Å². The molecule has 0 saturated heterocycles. The van der Waals surface area contributed by atoms with E-state index in [1.165, 1.54) is 12.1 Å². The Hall–Kier alpha value is -0.610. The monoisotopic (exact) mass is 349 g/mol. The summed E-state index contributed by atoms with van der Waals surface area (Å²) in [6, 6.07) is 4.35. The number of carbonyl (C=O) groups excluding carboxylic acids is 1. The molecule has 0 radical (unpaired) electrons. The van der Waals surface area contributed by atoms with Crippen LogP contribution in [0.15, 0.2) is 22.7 Å². The van der Waals surface area contributed by atoms with E-state index in [-0.39, 0.29) is 11.3 Å². The Morgan fingerprint density at radius 3 is 2.74 bits per heavy atom. The average molecular weight is 351 g/mol. The van der Waals surface area contributed by atoms with E-state index in [0.29, 0.717) is 22.5 Å². The van der Waals surface area contributed by atoms with Crippen molar-refractivity contribution in [3.8, 4) is 0 Å². The molecule has 5 heteroatoms. The summed E-state index contributed by atoms with van der Waals surface area (Å²) in [6.07, 6.45) is 1.85. The fourth-order valence-corrected chi connectivity index (χ4v) is 2.07. The molecule has 1 amide bonds. The zero-order valence-electron chi connectivity index (χ0n) is 11.1. The van der Waals surface area contributed by atoms with Crippen LogP contribution in [-0.4, -0.2) is 18.3 Å². The summed E-state index contributed by atoms with van der Waals surface area (Å²) in [4.78, 5) is 11.9. The number of hydrogen-bond acceptors (Lipinski definition) is 1. The van der Waals surface area contributed by atoms with Gasteiger partial charge in [-0.3, -0.25) is 4.79 Å². The number of amides is 1. The van der Waals surface area contributed by atoms with Crippen LogP contribution in [0, 0.1) is 11.2 Å². The topological polar surface area (TPSA) is 29.1 Å². The number of carbonyl (C=O) groups is 1. The molecule has 0 atom stereocenters. The minimum Gasteiger partial charge on any atom is -0.352 e. The van der Waals surface area contributed by atoms with E-state index in [0.717, 1.165) is 12.8 Å². The zero-order valence-corrected chi connectivity index (χ0v) is 13.4. The fourth-order valence-electron chi connectivity index (χ4n) is 1.69. The summed E-state index contributed by atoms with van der Waals surface area (Å²) >= 11 is 8.72. The van der Waals surface area contributed by atoms with E-state index in [9.17, 15) is 9.18 Å². The van der Waals surface area contributed by atoms with Crippen molar-refractivity contribution < 1.29 is 9.18 Å². The molecule has 0 aliphatic carbocycles. The summed E-state index contributed by atoms with van der Waals surface area (Å²) in [7, 11) is 0. The molecule has 2 nitrogen and oxygen atoms in total. The normalized spacial score (nSPS) is 11.4. The van der Waals surface area contributed by atoms with Crippen molar-refractivity contribution in [2.45, 2.75) is 26.7 Å². The van der Waals surface area contributed by atoms with Gasteiger partial charge in [-0.15, -0.1) is 11.6 Å². The Morgan fingerprint density at radius 2 is 2.16 bits per heavy atom. The van der Waals surface area contributed by atoms with Crippen molar-refractivity contribution in [3.63, 3.8) is 0 Å². The second kappa shape index (κ2) is 7.25. The van der Waals surface area contributed by atoms with E-state index < -0.39 is 5.82 Å². The Labute approximate surface area is 126 Å². The zero-order chi connectivity index (χ0) is 14.5. The van der Waals surface area contributed by atoms with Crippen LogP contribution in [0.1, 0.15) is 37.0 Å². The number of nitrogens with one attached hydrogen (secondary N) is 1. The molecule has 1 rings (SSSR count). The lowest BCUT2D eigenvalue weighted by Gasteiger charge is -2.24. The minimum atomic E-state index is -0.436. The van der Waals surface area contributed by atoms with Gasteiger partial charge in [0, 0.05) is 18.0 Å². The molecule has 0 saturated carbocycles. The third-order valence-electron chi connectivity index (χ3n) is 2.90. The highest BCUT2D eigenvalue weighted by Crippen LogP contribution is 2.22. The predicted molar refractivity (Wildman–Crippen MR) is 80.2 cm³/mol. The predicted octanol–water partition coefficient (Wildman–Crippen LogP) is 4.36. The van der Waals surface area contributed by atoms with Gasteiger partial charge in [0.2, 0.25) is 0 Å². The number of benzene rings is 1. The van der Waals surface area contributed by atoms with Crippen molar-refractivity contribution >= 4 is 33.4 Å². The van der Waals surface area contributed by atoms with E-state index in [4.69, 9.17) is 11.6 Å². The summed E-state index contributed by atoms with van der Waals surface area (Å²) in [6.45, 7) is 4.68. The highest BCUT2D eigenvalue weighted by molar-refractivity contribution is 9.10. The Bertz CT molecular complexity index is 451. The van der Waals surface area contributed by atoms with Crippen LogP contribution in [0.2, 0.25) is 0 Å². The van der Waals surface area contributed by atoms with E-state index in [2.05, 4.69) is 35.1 Å². The maximum absolute atomic E-state index is 13.3. The highest BCUT2D eigenvalue weighted by atomic mass is 79.9. The molecule has 0 aromatic heterocycles. The van der Waals surface area contributed by atoms with Crippen LogP contribution < -0.4 is 5.32 Å². The average Bonchev–Trinajstić information content (AvgIpc) is 2.37. The first-order valence-corrected chi connectivity index (χ1v) is 7.48. The number of alkyl halides is 1. The van der Waals surface area contributed by atoms with Gasteiger partial charge >= 0.3 is 0 Å². The molecule has 0 bridgehead atoms. The molecule has 1 N–H and O–H groups in total. The largest absolute Gasteiger partial charge is 0.352 e. The van der Waals surface area contributed by atoms with E-state index >= 15 is 0 Å². The molecule has 0 aliphatic heterocycles. The van der Waals surface area contributed by atoms with Crippen molar-refractivity contribution in [2.24, 2.45) is 5.41 Å². The molecular weight excluding hydrogens is 333 g/mol. The third-order valence-corrected chi connectivity index (χ3v) is 3.81. The van der Waals surface area contributed by atoms with Crippen molar-refractivity contribution in [1.29, 1.82) is 0 Å². The van der Waals surface area contributed by atoms with Crippen molar-refractivity contribution in [1.82, 2.24) is 5.32 Å². The molecule has 0 fully saturated rings. The first kappa shape index (κ1) is 16.4. The molecule has 0 unspecified atom stereocenters. The van der Waals surface area contributed by atoms with Crippen LogP contribution >= 0.6 is 27.5 Å². The number of hydrogen-bond donors (Lipinski definition) is 1. The SMILES string of the molecule is CC(C)(CCCCl)CNC(=O)c1ccc(Br)c(F)c1. The molecule has 19 heavy (non-hydrogen) atoms. The van der Waals surface area contributed by atoms with Gasteiger partial charge in [0.25, 0.3) is 5.91 Å². The smallest absolute Gasteiger partial charge is 0.251 e. The summed E-state index contributed by atoms with van der Waals surface area (Å²) in [5.74, 6) is -0.0747. The Kier molecular flexibility index (Phi) is 6.27. The van der Waals surface area contributed by atoms with Gasteiger partial charge < -0.3 is 5.32 Å². The van der Waals surface area contributed by atoms with Gasteiger partial charge in [-0.2, -0.15) is 0 Å². The van der Waals surface area contributed by atoms with Crippen LogP contribution in [0.4, 0.5) is 4.39 Å². The van der Waals surface area contributed by atoms with Crippen LogP contribution in [0.5, 0.6) is 0 Å². The van der Waals surface area contributed by atoms with Crippen LogP contribution in [0.3, 0.4) is 0 Å². The first-order valence-electron chi connectivity index (χ1n) is 6.15. The van der Waals surface area contributed by atoms with Gasteiger partial charge in [-0.25, -0.2) is 4.39 Å². The van der Waals surface area contributed by atoms with Crippen LogP contribution in [0.25, 0.3) is 0 Å². The molecule has 1 aromatic carbocycles. The van der Waals surface area contributed by atoms with Crippen LogP contribution in [-0.2, 0) is 0 Å². The summed E-state index contributed by atoms with van der Waals surface area (Å²) in [5.41, 5.74) is 0.312. The standard InChI is InChI=1S/C14H18BrClFNO/c1-14(2,6-3-7-16)9-18-13(19)10-4-5-11(15)12(17)8-10/h4-5,8H,3,6-7,9H2,1-2H3,(H,18,19). The number of halogens is 3. The van der Waals surface area contributed by atoms with Gasteiger partial charge in [0.15, 0.2) is 0 Å². The molecule has 0 heterocycles. The van der Waals surface area contributed by atoms with Gasteiger partial charge in [0.05, 0.1) is 4.47 Å². The van der Waals surface area contributed by atoms with Gasteiger partial charge in [-0.05, 0) is 52.4 Å². The molecule has 0 spiro atoms. The summed E-state index contributed by atoms with van der Waals surface area (Å²) < 4.78 is 13.7. The fraction of sp³-hybridized carbons (Fsp3) is 0.500. The maximum Gasteiger partial charge on any atom is 0.251 e. The molecule has 106 valence electrons.